The predicted octanol–water partition coefficient (Wildman–Crippen LogP) is 6.76. The highest BCUT2D eigenvalue weighted by Gasteiger charge is 2.34. The number of non-ortho nitro benzene ring substituents is 1. The van der Waals surface area contributed by atoms with Crippen molar-refractivity contribution < 1.29 is 9.66 Å². The van der Waals surface area contributed by atoms with Gasteiger partial charge >= 0.3 is 0 Å². The average molecular weight is 490 g/mol. The van der Waals surface area contributed by atoms with Crippen molar-refractivity contribution in [3.05, 3.63) is 136 Å². The van der Waals surface area contributed by atoms with Gasteiger partial charge in [-0.15, -0.1) is 0 Å². The summed E-state index contributed by atoms with van der Waals surface area (Å²) < 4.78 is 7.84. The smallest absolute Gasteiger partial charge is 0.269 e. The number of hydrogen-bond donors (Lipinski definition) is 0. The quantitative estimate of drug-likeness (QED) is 0.195. The number of rotatable bonds is 6. The van der Waals surface area contributed by atoms with Crippen LogP contribution in [0.3, 0.4) is 0 Å². The van der Waals surface area contributed by atoms with Crippen LogP contribution in [0.5, 0.6) is 5.75 Å². The predicted molar refractivity (Wildman–Crippen MR) is 146 cm³/mol. The Labute approximate surface area is 215 Å². The molecule has 1 aliphatic heterocycles. The molecule has 0 fully saturated rings. The number of benzene rings is 4. The summed E-state index contributed by atoms with van der Waals surface area (Å²) >= 11 is 0. The molecule has 6 heteroatoms. The van der Waals surface area contributed by atoms with E-state index in [2.05, 4.69) is 70.1 Å². The van der Waals surface area contributed by atoms with E-state index < -0.39 is 0 Å². The molecule has 0 N–H and O–H groups in total. The van der Waals surface area contributed by atoms with Crippen LogP contribution in [0.1, 0.15) is 28.4 Å². The molecule has 5 aromatic rings. The number of aromatic nitrogens is 1. The van der Waals surface area contributed by atoms with Crippen LogP contribution in [0.2, 0.25) is 0 Å². The molecule has 1 atom stereocenters. The molecule has 0 spiro atoms. The van der Waals surface area contributed by atoms with Crippen LogP contribution >= 0.6 is 0 Å². The highest BCUT2D eigenvalue weighted by atomic mass is 16.6. The first kappa shape index (κ1) is 22.9. The summed E-state index contributed by atoms with van der Waals surface area (Å²) in [5, 5.41) is 12.6. The van der Waals surface area contributed by atoms with Crippen LogP contribution in [0, 0.1) is 10.1 Å². The second-order valence-electron chi connectivity index (χ2n) is 9.34. The standard InChI is InChI=1S/C31H27N3O3/c1-37-26-17-15-24(16-18-26)32-20-19-29-30(31(32)23-11-13-25(14-12-23)34(35)36)27-9-5-6-10-28(27)33(29)21-22-7-3-2-4-8-22/h2-18,31H,19-21H2,1H3. The minimum absolute atomic E-state index is 0.0835. The summed E-state index contributed by atoms with van der Waals surface area (Å²) in [4.78, 5) is 13.4. The number of methoxy groups -OCH3 is 1. The molecule has 0 saturated heterocycles. The lowest BCUT2D eigenvalue weighted by molar-refractivity contribution is -0.384. The van der Waals surface area contributed by atoms with Gasteiger partial charge in [-0.2, -0.15) is 0 Å². The molecular formula is C31H27N3O3. The van der Waals surface area contributed by atoms with Crippen LogP contribution in [0.15, 0.2) is 103 Å². The maximum absolute atomic E-state index is 11.4. The number of anilines is 1. The molecule has 0 bridgehead atoms. The first-order valence-electron chi connectivity index (χ1n) is 12.4. The molecule has 1 aliphatic rings. The van der Waals surface area contributed by atoms with Gasteiger partial charge in [-0.25, -0.2) is 0 Å². The lowest BCUT2D eigenvalue weighted by Crippen LogP contribution is -2.36. The minimum atomic E-state index is -0.344. The molecule has 184 valence electrons. The maximum atomic E-state index is 11.4. The molecule has 2 heterocycles. The summed E-state index contributed by atoms with van der Waals surface area (Å²) in [5.74, 6) is 0.813. The highest BCUT2D eigenvalue weighted by molar-refractivity contribution is 5.88. The Hall–Kier alpha value is -4.58. The molecule has 37 heavy (non-hydrogen) atoms. The van der Waals surface area contributed by atoms with Gasteiger partial charge in [0.05, 0.1) is 18.1 Å². The average Bonchev–Trinajstić information content (AvgIpc) is 3.26. The summed E-state index contributed by atoms with van der Waals surface area (Å²) in [7, 11) is 1.67. The van der Waals surface area contributed by atoms with E-state index in [0.29, 0.717) is 0 Å². The van der Waals surface area contributed by atoms with Gasteiger partial charge in [-0.05, 0) is 53.6 Å². The highest BCUT2D eigenvalue weighted by Crippen LogP contribution is 2.44. The number of nitro groups is 1. The topological polar surface area (TPSA) is 60.5 Å². The van der Waals surface area contributed by atoms with E-state index in [1.807, 2.05) is 30.3 Å². The van der Waals surface area contributed by atoms with E-state index in [-0.39, 0.29) is 16.7 Å². The zero-order valence-electron chi connectivity index (χ0n) is 20.6. The first-order valence-corrected chi connectivity index (χ1v) is 12.4. The molecule has 0 amide bonds. The van der Waals surface area contributed by atoms with Crippen LogP contribution < -0.4 is 9.64 Å². The number of fused-ring (bicyclic) bond motifs is 3. The van der Waals surface area contributed by atoms with Gasteiger partial charge in [0, 0.05) is 59.5 Å². The Balaban J connectivity index is 1.55. The number of nitrogens with zero attached hydrogens (tertiary/aromatic N) is 3. The van der Waals surface area contributed by atoms with Crippen molar-refractivity contribution in [2.45, 2.75) is 19.0 Å². The Morgan fingerprint density at radius 3 is 2.30 bits per heavy atom. The molecule has 4 aromatic carbocycles. The van der Waals surface area contributed by atoms with Crippen LogP contribution in [0.25, 0.3) is 10.9 Å². The van der Waals surface area contributed by atoms with E-state index in [1.165, 1.54) is 27.7 Å². The third-order valence-electron chi connectivity index (χ3n) is 7.30. The zero-order chi connectivity index (χ0) is 25.4. The van der Waals surface area contributed by atoms with E-state index >= 15 is 0 Å². The zero-order valence-corrected chi connectivity index (χ0v) is 20.6. The summed E-state index contributed by atoms with van der Waals surface area (Å²) in [6.07, 6.45) is 0.895. The minimum Gasteiger partial charge on any atom is -0.497 e. The van der Waals surface area contributed by atoms with Crippen molar-refractivity contribution in [2.75, 3.05) is 18.6 Å². The second kappa shape index (κ2) is 9.47. The summed E-state index contributed by atoms with van der Waals surface area (Å²) in [6, 6.07) is 34.2. The van der Waals surface area contributed by atoms with Crippen molar-refractivity contribution in [3.63, 3.8) is 0 Å². The lowest BCUT2D eigenvalue weighted by atomic mass is 9.89. The fourth-order valence-corrected chi connectivity index (χ4v) is 5.59. The third-order valence-corrected chi connectivity index (χ3v) is 7.30. The largest absolute Gasteiger partial charge is 0.497 e. The van der Waals surface area contributed by atoms with Crippen molar-refractivity contribution in [3.8, 4) is 5.75 Å². The monoisotopic (exact) mass is 489 g/mol. The Bertz CT molecular complexity index is 1560. The number of ether oxygens (including phenoxy) is 1. The van der Waals surface area contributed by atoms with Gasteiger partial charge in [0.1, 0.15) is 5.75 Å². The molecule has 1 aromatic heterocycles. The molecular weight excluding hydrogens is 462 g/mol. The SMILES string of the molecule is COc1ccc(N2CCc3c(c4ccccc4n3Cc3ccccc3)C2c2ccc([N+](=O)[O-])cc2)cc1. The maximum Gasteiger partial charge on any atom is 0.269 e. The van der Waals surface area contributed by atoms with Crippen LogP contribution in [-0.4, -0.2) is 23.1 Å². The molecule has 1 unspecified atom stereocenters. The van der Waals surface area contributed by atoms with E-state index in [9.17, 15) is 10.1 Å². The van der Waals surface area contributed by atoms with Crippen LogP contribution in [-0.2, 0) is 13.0 Å². The van der Waals surface area contributed by atoms with Gasteiger partial charge < -0.3 is 14.2 Å². The number of para-hydroxylation sites is 1. The first-order chi connectivity index (χ1) is 18.1. The summed E-state index contributed by atoms with van der Waals surface area (Å²) in [6.45, 7) is 1.62. The summed E-state index contributed by atoms with van der Waals surface area (Å²) in [5.41, 5.74) is 7.28. The van der Waals surface area contributed by atoms with E-state index in [0.717, 1.165) is 36.5 Å². The molecule has 0 saturated carbocycles. The lowest BCUT2D eigenvalue weighted by Gasteiger charge is -2.39. The Kier molecular flexibility index (Phi) is 5.85. The van der Waals surface area contributed by atoms with Gasteiger partial charge in [0.15, 0.2) is 0 Å². The van der Waals surface area contributed by atoms with Crippen molar-refractivity contribution >= 4 is 22.3 Å². The number of hydrogen-bond acceptors (Lipinski definition) is 4. The fourth-order valence-electron chi connectivity index (χ4n) is 5.59. The van der Waals surface area contributed by atoms with Gasteiger partial charge in [0.2, 0.25) is 0 Å². The van der Waals surface area contributed by atoms with E-state index in [4.69, 9.17) is 4.74 Å². The molecule has 0 aliphatic carbocycles. The van der Waals surface area contributed by atoms with Gasteiger partial charge in [0.25, 0.3) is 5.69 Å². The van der Waals surface area contributed by atoms with E-state index in [1.54, 1.807) is 19.2 Å². The van der Waals surface area contributed by atoms with Crippen molar-refractivity contribution in [1.82, 2.24) is 4.57 Å². The molecule has 6 nitrogen and oxygen atoms in total. The normalized spacial score (nSPS) is 14.9. The molecule has 0 radical (unpaired) electrons. The van der Waals surface area contributed by atoms with Crippen molar-refractivity contribution in [1.29, 1.82) is 0 Å². The fraction of sp³-hybridized carbons (Fsp3) is 0.161. The van der Waals surface area contributed by atoms with Gasteiger partial charge in [-0.3, -0.25) is 10.1 Å². The molecule has 6 rings (SSSR count). The second-order valence-corrected chi connectivity index (χ2v) is 9.34. The van der Waals surface area contributed by atoms with Gasteiger partial charge in [-0.1, -0.05) is 48.5 Å². The van der Waals surface area contributed by atoms with Crippen molar-refractivity contribution in [2.24, 2.45) is 0 Å². The number of nitro benzene ring substituents is 1. The Morgan fingerprint density at radius 2 is 1.59 bits per heavy atom. The third kappa shape index (κ3) is 4.10. The van der Waals surface area contributed by atoms with Crippen LogP contribution in [0.4, 0.5) is 11.4 Å². The Morgan fingerprint density at radius 1 is 0.892 bits per heavy atom.